The Morgan fingerprint density at radius 1 is 1.04 bits per heavy atom. The van der Waals surface area contributed by atoms with E-state index in [-0.39, 0.29) is 12.1 Å². The van der Waals surface area contributed by atoms with Crippen LogP contribution in [0.1, 0.15) is 27.5 Å². The molecule has 0 saturated heterocycles. The number of alkyl halides is 3. The molecule has 3 rings (SSSR count). The third kappa shape index (κ3) is 4.27. The van der Waals surface area contributed by atoms with Gasteiger partial charge in [0.1, 0.15) is 0 Å². The van der Waals surface area contributed by atoms with Crippen molar-refractivity contribution in [2.24, 2.45) is 0 Å². The lowest BCUT2D eigenvalue weighted by Gasteiger charge is -2.19. The van der Waals surface area contributed by atoms with Crippen molar-refractivity contribution >= 4 is 5.91 Å². The molecule has 1 heterocycles. The van der Waals surface area contributed by atoms with Gasteiger partial charge >= 0.3 is 6.18 Å². The second-order valence-corrected chi connectivity index (χ2v) is 5.60. The van der Waals surface area contributed by atoms with Crippen LogP contribution >= 0.6 is 0 Å². The highest BCUT2D eigenvalue weighted by atomic mass is 19.4. The minimum absolute atomic E-state index is 0.0609. The van der Waals surface area contributed by atoms with Crippen molar-refractivity contribution in [3.8, 4) is 0 Å². The largest absolute Gasteiger partial charge is 0.416 e. The van der Waals surface area contributed by atoms with E-state index in [9.17, 15) is 18.0 Å². The molecule has 0 aliphatic rings. The number of halogens is 3. The van der Waals surface area contributed by atoms with Gasteiger partial charge < -0.3 is 5.32 Å². The van der Waals surface area contributed by atoms with Crippen molar-refractivity contribution in [1.82, 2.24) is 20.3 Å². The summed E-state index contributed by atoms with van der Waals surface area (Å²) in [5.41, 5.74) is -0.130. The Labute approximate surface area is 147 Å². The Bertz CT molecular complexity index is 864. The minimum atomic E-state index is -4.51. The van der Waals surface area contributed by atoms with Crippen molar-refractivity contribution in [3.63, 3.8) is 0 Å². The molecule has 0 aliphatic carbocycles. The quantitative estimate of drug-likeness (QED) is 0.758. The molecule has 134 valence electrons. The smallest absolute Gasteiger partial charge is 0.343 e. The second kappa shape index (κ2) is 7.38. The van der Waals surface area contributed by atoms with Crippen LogP contribution in [-0.4, -0.2) is 20.9 Å². The zero-order chi connectivity index (χ0) is 18.6. The fraction of sp³-hybridized carbons (Fsp3) is 0.167. The fourth-order valence-corrected chi connectivity index (χ4v) is 2.50. The van der Waals surface area contributed by atoms with E-state index in [0.29, 0.717) is 0 Å². The van der Waals surface area contributed by atoms with Crippen molar-refractivity contribution < 1.29 is 18.0 Å². The third-order valence-corrected chi connectivity index (χ3v) is 3.77. The van der Waals surface area contributed by atoms with Crippen molar-refractivity contribution in [3.05, 3.63) is 83.7 Å². The van der Waals surface area contributed by atoms with Crippen LogP contribution in [-0.2, 0) is 12.7 Å². The summed E-state index contributed by atoms with van der Waals surface area (Å²) in [5, 5.41) is 10.8. The number of carbonyl (C=O) groups excluding carboxylic acids is 1. The number of amides is 1. The van der Waals surface area contributed by atoms with Crippen LogP contribution in [0, 0.1) is 0 Å². The number of hydrogen-bond acceptors (Lipinski definition) is 3. The highest BCUT2D eigenvalue weighted by molar-refractivity contribution is 5.94. The Hall–Kier alpha value is -3.16. The summed E-state index contributed by atoms with van der Waals surface area (Å²) < 4.78 is 38.6. The van der Waals surface area contributed by atoms with E-state index in [0.717, 1.165) is 17.7 Å². The summed E-state index contributed by atoms with van der Waals surface area (Å²) in [6, 6.07) is 12.9. The van der Waals surface area contributed by atoms with Gasteiger partial charge in [-0.1, -0.05) is 36.4 Å². The van der Waals surface area contributed by atoms with E-state index >= 15 is 0 Å². The molecule has 26 heavy (non-hydrogen) atoms. The van der Waals surface area contributed by atoms with E-state index < -0.39 is 23.7 Å². The van der Waals surface area contributed by atoms with Gasteiger partial charge in [-0.3, -0.25) is 4.79 Å². The predicted molar refractivity (Wildman–Crippen MR) is 88.1 cm³/mol. The first-order valence-corrected chi connectivity index (χ1v) is 7.80. The molecule has 0 fully saturated rings. The lowest BCUT2D eigenvalue weighted by atomic mass is 10.1. The SMILES string of the molecule is O=C(NC(Cn1nccn1)c1ccccc1)c1cccc(C(F)(F)F)c1. The summed E-state index contributed by atoms with van der Waals surface area (Å²) in [7, 11) is 0. The zero-order valence-electron chi connectivity index (χ0n) is 13.5. The maximum Gasteiger partial charge on any atom is 0.416 e. The number of nitrogens with zero attached hydrogens (tertiary/aromatic N) is 3. The molecule has 0 aliphatic heterocycles. The van der Waals surface area contributed by atoms with Gasteiger partial charge in [-0.15, -0.1) is 0 Å². The van der Waals surface area contributed by atoms with Crippen LogP contribution in [0.2, 0.25) is 0 Å². The molecule has 5 nitrogen and oxygen atoms in total. The van der Waals surface area contributed by atoms with Gasteiger partial charge in [0.05, 0.1) is 30.5 Å². The van der Waals surface area contributed by atoms with Crippen molar-refractivity contribution in [2.45, 2.75) is 18.8 Å². The van der Waals surface area contributed by atoms with E-state index in [1.54, 1.807) is 0 Å². The van der Waals surface area contributed by atoms with Gasteiger partial charge in [-0.25, -0.2) is 0 Å². The van der Waals surface area contributed by atoms with Crippen LogP contribution in [0.4, 0.5) is 13.2 Å². The molecule has 0 radical (unpaired) electrons. The minimum Gasteiger partial charge on any atom is -0.343 e. The average Bonchev–Trinajstić information content (AvgIpc) is 3.14. The average molecular weight is 360 g/mol. The maximum absolute atomic E-state index is 12.9. The molecule has 1 N–H and O–H groups in total. The monoisotopic (exact) mass is 360 g/mol. The number of carbonyl (C=O) groups is 1. The summed E-state index contributed by atoms with van der Waals surface area (Å²) in [5.74, 6) is -0.600. The first-order valence-electron chi connectivity index (χ1n) is 7.80. The number of nitrogens with one attached hydrogen (secondary N) is 1. The van der Waals surface area contributed by atoms with Gasteiger partial charge in [0.2, 0.25) is 0 Å². The topological polar surface area (TPSA) is 59.8 Å². The normalized spacial score (nSPS) is 12.6. The van der Waals surface area contributed by atoms with Crippen LogP contribution in [0.5, 0.6) is 0 Å². The van der Waals surface area contributed by atoms with Crippen LogP contribution in [0.3, 0.4) is 0 Å². The van der Waals surface area contributed by atoms with E-state index in [1.807, 2.05) is 30.3 Å². The molecule has 1 atom stereocenters. The van der Waals surface area contributed by atoms with Crippen LogP contribution in [0.15, 0.2) is 67.0 Å². The zero-order valence-corrected chi connectivity index (χ0v) is 13.5. The highest BCUT2D eigenvalue weighted by Gasteiger charge is 2.31. The van der Waals surface area contributed by atoms with E-state index in [2.05, 4.69) is 15.5 Å². The highest BCUT2D eigenvalue weighted by Crippen LogP contribution is 2.29. The van der Waals surface area contributed by atoms with Crippen LogP contribution in [0.25, 0.3) is 0 Å². The first-order chi connectivity index (χ1) is 12.4. The maximum atomic E-state index is 12.9. The summed E-state index contributed by atoms with van der Waals surface area (Å²) in [6.07, 6.45) is -1.48. The Kier molecular flexibility index (Phi) is 5.01. The van der Waals surface area contributed by atoms with Crippen molar-refractivity contribution in [1.29, 1.82) is 0 Å². The molecule has 3 aromatic rings. The molecule has 0 bridgehead atoms. The summed E-state index contributed by atoms with van der Waals surface area (Å²) in [6.45, 7) is 0.252. The number of benzene rings is 2. The first kappa shape index (κ1) is 17.7. The van der Waals surface area contributed by atoms with E-state index in [1.165, 1.54) is 29.3 Å². The number of aromatic nitrogens is 3. The molecule has 1 unspecified atom stereocenters. The Balaban J connectivity index is 1.83. The Morgan fingerprint density at radius 3 is 2.38 bits per heavy atom. The lowest BCUT2D eigenvalue weighted by molar-refractivity contribution is -0.137. The molecular weight excluding hydrogens is 345 g/mol. The van der Waals surface area contributed by atoms with Gasteiger partial charge in [0.25, 0.3) is 5.91 Å². The summed E-state index contributed by atoms with van der Waals surface area (Å²) >= 11 is 0. The molecule has 0 spiro atoms. The molecule has 8 heteroatoms. The van der Waals surface area contributed by atoms with E-state index in [4.69, 9.17) is 0 Å². The fourth-order valence-electron chi connectivity index (χ4n) is 2.50. The van der Waals surface area contributed by atoms with Gasteiger partial charge in [-0.2, -0.15) is 28.2 Å². The van der Waals surface area contributed by atoms with Gasteiger partial charge in [-0.05, 0) is 23.8 Å². The molecular formula is C18H15F3N4O. The number of hydrogen-bond donors (Lipinski definition) is 1. The Morgan fingerprint density at radius 2 is 1.73 bits per heavy atom. The molecule has 2 aromatic carbocycles. The number of rotatable bonds is 5. The van der Waals surface area contributed by atoms with Gasteiger partial charge in [0.15, 0.2) is 0 Å². The molecule has 0 saturated carbocycles. The van der Waals surface area contributed by atoms with Crippen LogP contribution < -0.4 is 5.32 Å². The standard InChI is InChI=1S/C18H15F3N4O/c19-18(20,21)15-8-4-7-14(11-15)17(26)24-16(12-25-22-9-10-23-25)13-5-2-1-3-6-13/h1-11,16H,12H2,(H,24,26). The summed E-state index contributed by atoms with van der Waals surface area (Å²) in [4.78, 5) is 13.9. The predicted octanol–water partition coefficient (Wildman–Crippen LogP) is 3.47. The third-order valence-electron chi connectivity index (χ3n) is 3.77. The lowest BCUT2D eigenvalue weighted by Crippen LogP contribution is -2.32. The second-order valence-electron chi connectivity index (χ2n) is 5.60. The van der Waals surface area contributed by atoms with Gasteiger partial charge in [0, 0.05) is 5.56 Å². The van der Waals surface area contributed by atoms with Crippen molar-refractivity contribution in [2.75, 3.05) is 0 Å². The molecule has 1 aromatic heterocycles. The molecule has 1 amide bonds.